The van der Waals surface area contributed by atoms with Crippen molar-refractivity contribution in [2.24, 2.45) is 0 Å². The largest absolute Gasteiger partial charge is 0.348 e. The van der Waals surface area contributed by atoms with Crippen LogP contribution < -0.4 is 10.6 Å². The molecule has 0 aliphatic carbocycles. The van der Waals surface area contributed by atoms with E-state index in [1.807, 2.05) is 17.5 Å². The van der Waals surface area contributed by atoms with Gasteiger partial charge in [-0.05, 0) is 42.8 Å². The molecule has 1 atom stereocenters. The summed E-state index contributed by atoms with van der Waals surface area (Å²) in [4.78, 5) is 25.1. The lowest BCUT2D eigenvalue weighted by Gasteiger charge is -2.34. The molecular weight excluding hydrogens is 410 g/mol. The van der Waals surface area contributed by atoms with Crippen LogP contribution in [0.2, 0.25) is 0 Å². The zero-order valence-electron chi connectivity index (χ0n) is 16.0. The van der Waals surface area contributed by atoms with E-state index in [9.17, 15) is 18.0 Å². The molecule has 1 aromatic heterocycles. The molecule has 9 heteroatoms. The minimum atomic E-state index is -3.57. The van der Waals surface area contributed by atoms with Gasteiger partial charge in [0.15, 0.2) is 0 Å². The summed E-state index contributed by atoms with van der Waals surface area (Å²) < 4.78 is 27.5. The van der Waals surface area contributed by atoms with Crippen molar-refractivity contribution in [3.05, 3.63) is 52.7 Å². The summed E-state index contributed by atoms with van der Waals surface area (Å²) in [7, 11) is -3.57. The SMILES string of the molecule is O=C(NCC[C@@H]1CCCCN1S(=O)(=O)c1ccccc1)C(=O)NCc1cccs1. The molecule has 1 fully saturated rings. The molecule has 3 rings (SSSR count). The molecule has 7 nitrogen and oxygen atoms in total. The molecule has 1 aromatic carbocycles. The predicted octanol–water partition coefficient (Wildman–Crippen LogP) is 2.11. The molecule has 1 saturated heterocycles. The van der Waals surface area contributed by atoms with Crippen molar-refractivity contribution in [3.8, 4) is 0 Å². The summed E-state index contributed by atoms with van der Waals surface area (Å²) in [6.45, 7) is 1.03. The lowest BCUT2D eigenvalue weighted by molar-refractivity contribution is -0.139. The van der Waals surface area contributed by atoms with Gasteiger partial charge in [-0.3, -0.25) is 9.59 Å². The molecule has 2 amide bonds. The summed E-state index contributed by atoms with van der Waals surface area (Å²) in [5, 5.41) is 7.09. The topological polar surface area (TPSA) is 95.6 Å². The zero-order chi connectivity index (χ0) is 20.7. The summed E-state index contributed by atoms with van der Waals surface area (Å²) >= 11 is 1.51. The number of rotatable bonds is 7. The fraction of sp³-hybridized carbons (Fsp3) is 0.400. The van der Waals surface area contributed by atoms with Crippen molar-refractivity contribution >= 4 is 33.2 Å². The minimum Gasteiger partial charge on any atom is -0.348 e. The van der Waals surface area contributed by atoms with Gasteiger partial charge in [0, 0.05) is 24.0 Å². The van der Waals surface area contributed by atoms with Crippen LogP contribution in [0.5, 0.6) is 0 Å². The maximum Gasteiger partial charge on any atom is 0.309 e. The number of benzene rings is 1. The molecule has 0 saturated carbocycles. The third-order valence-corrected chi connectivity index (χ3v) is 7.74. The Balaban J connectivity index is 1.51. The van der Waals surface area contributed by atoms with Crippen LogP contribution >= 0.6 is 11.3 Å². The number of nitrogens with one attached hydrogen (secondary N) is 2. The second kappa shape index (κ2) is 10.00. The van der Waals surface area contributed by atoms with E-state index in [1.165, 1.54) is 15.6 Å². The van der Waals surface area contributed by atoms with Crippen molar-refractivity contribution in [3.63, 3.8) is 0 Å². The van der Waals surface area contributed by atoms with Crippen LogP contribution in [-0.4, -0.2) is 43.7 Å². The number of sulfonamides is 1. The normalized spacial score (nSPS) is 17.6. The van der Waals surface area contributed by atoms with Crippen molar-refractivity contribution in [2.45, 2.75) is 43.2 Å². The molecule has 2 N–H and O–H groups in total. The van der Waals surface area contributed by atoms with Crippen LogP contribution in [0.1, 0.15) is 30.6 Å². The molecule has 1 aliphatic heterocycles. The lowest BCUT2D eigenvalue weighted by Crippen LogP contribution is -2.46. The molecular formula is C20H25N3O4S2. The first kappa shape index (κ1) is 21.5. The number of hydrogen-bond donors (Lipinski definition) is 2. The van der Waals surface area contributed by atoms with E-state index in [1.54, 1.807) is 30.3 Å². The number of hydrogen-bond acceptors (Lipinski definition) is 5. The predicted molar refractivity (Wildman–Crippen MR) is 112 cm³/mol. The highest BCUT2D eigenvalue weighted by atomic mass is 32.2. The third kappa shape index (κ3) is 5.65. The van der Waals surface area contributed by atoms with Gasteiger partial charge in [-0.25, -0.2) is 8.42 Å². The van der Waals surface area contributed by atoms with Gasteiger partial charge in [0.25, 0.3) is 0 Å². The van der Waals surface area contributed by atoms with Crippen LogP contribution in [-0.2, 0) is 26.2 Å². The number of piperidine rings is 1. The highest BCUT2D eigenvalue weighted by molar-refractivity contribution is 7.89. The van der Waals surface area contributed by atoms with Crippen LogP contribution in [0.4, 0.5) is 0 Å². The quantitative estimate of drug-likeness (QED) is 0.651. The second-order valence-corrected chi connectivity index (χ2v) is 9.81. The van der Waals surface area contributed by atoms with Gasteiger partial charge >= 0.3 is 11.8 Å². The molecule has 0 radical (unpaired) electrons. The number of amides is 2. The summed E-state index contributed by atoms with van der Waals surface area (Å²) in [5.74, 6) is -1.38. The fourth-order valence-corrected chi connectivity index (χ4v) is 5.79. The summed E-state index contributed by atoms with van der Waals surface area (Å²) in [6.07, 6.45) is 2.98. The van der Waals surface area contributed by atoms with E-state index in [4.69, 9.17) is 0 Å². The van der Waals surface area contributed by atoms with Gasteiger partial charge in [-0.1, -0.05) is 30.7 Å². The van der Waals surface area contributed by atoms with E-state index < -0.39 is 21.8 Å². The van der Waals surface area contributed by atoms with Gasteiger partial charge in [-0.2, -0.15) is 4.31 Å². The Morgan fingerprint density at radius 2 is 1.79 bits per heavy atom. The summed E-state index contributed by atoms with van der Waals surface area (Å²) in [5.41, 5.74) is 0. The number of carbonyl (C=O) groups excluding carboxylic acids is 2. The Kier molecular flexibility index (Phi) is 7.40. The van der Waals surface area contributed by atoms with Gasteiger partial charge in [0.1, 0.15) is 0 Å². The maximum atomic E-state index is 13.0. The molecule has 0 spiro atoms. The zero-order valence-corrected chi connectivity index (χ0v) is 17.7. The average molecular weight is 436 g/mol. The fourth-order valence-electron chi connectivity index (χ4n) is 3.40. The second-order valence-electron chi connectivity index (χ2n) is 6.89. The molecule has 2 aromatic rings. The van der Waals surface area contributed by atoms with E-state index in [0.29, 0.717) is 19.5 Å². The van der Waals surface area contributed by atoms with Crippen LogP contribution in [0.25, 0.3) is 0 Å². The van der Waals surface area contributed by atoms with Crippen LogP contribution in [0.3, 0.4) is 0 Å². The highest BCUT2D eigenvalue weighted by Gasteiger charge is 2.33. The number of nitrogens with zero attached hydrogens (tertiary/aromatic N) is 1. The Hall–Kier alpha value is -2.23. The van der Waals surface area contributed by atoms with Crippen molar-refractivity contribution in [1.82, 2.24) is 14.9 Å². The first-order valence-corrected chi connectivity index (χ1v) is 12.0. The molecule has 2 heterocycles. The van der Waals surface area contributed by atoms with Crippen LogP contribution in [0.15, 0.2) is 52.7 Å². The molecule has 156 valence electrons. The Bertz CT molecular complexity index is 914. The average Bonchev–Trinajstić information content (AvgIpc) is 3.26. The van der Waals surface area contributed by atoms with Crippen molar-refractivity contribution < 1.29 is 18.0 Å². The standard InChI is InChI=1S/C20H25N3O4S2/c24-19(20(25)22-15-17-8-6-14-28-17)21-12-11-16-7-4-5-13-23(16)29(26,27)18-9-2-1-3-10-18/h1-3,6,8-10,14,16H,4-5,7,11-13,15H2,(H,21,24)(H,22,25)/t16-/m0/s1. The molecule has 0 bridgehead atoms. The van der Waals surface area contributed by atoms with Gasteiger partial charge < -0.3 is 10.6 Å². The van der Waals surface area contributed by atoms with E-state index >= 15 is 0 Å². The Morgan fingerprint density at radius 3 is 2.52 bits per heavy atom. The number of thiophene rings is 1. The highest BCUT2D eigenvalue weighted by Crippen LogP contribution is 2.26. The van der Waals surface area contributed by atoms with Gasteiger partial charge in [0.05, 0.1) is 11.4 Å². The molecule has 29 heavy (non-hydrogen) atoms. The van der Waals surface area contributed by atoms with Crippen LogP contribution in [0, 0.1) is 0 Å². The van der Waals surface area contributed by atoms with Crippen molar-refractivity contribution in [2.75, 3.05) is 13.1 Å². The summed E-state index contributed by atoms with van der Waals surface area (Å²) in [6, 6.07) is 12.0. The Morgan fingerprint density at radius 1 is 1.03 bits per heavy atom. The first-order chi connectivity index (χ1) is 14.0. The smallest absolute Gasteiger partial charge is 0.309 e. The molecule has 1 aliphatic rings. The Labute approximate surface area is 175 Å². The first-order valence-electron chi connectivity index (χ1n) is 9.64. The monoisotopic (exact) mass is 435 g/mol. The lowest BCUT2D eigenvalue weighted by atomic mass is 10.0. The van der Waals surface area contributed by atoms with Gasteiger partial charge in [0.2, 0.25) is 10.0 Å². The van der Waals surface area contributed by atoms with E-state index in [0.717, 1.165) is 24.1 Å². The van der Waals surface area contributed by atoms with Gasteiger partial charge in [-0.15, -0.1) is 11.3 Å². The van der Waals surface area contributed by atoms with Crippen molar-refractivity contribution in [1.29, 1.82) is 0 Å². The third-order valence-electron chi connectivity index (χ3n) is 4.90. The molecule has 0 unspecified atom stereocenters. The van der Waals surface area contributed by atoms with E-state index in [-0.39, 0.29) is 17.5 Å². The minimum absolute atomic E-state index is 0.191. The van der Waals surface area contributed by atoms with E-state index in [2.05, 4.69) is 10.6 Å². The number of carbonyl (C=O) groups is 2. The maximum absolute atomic E-state index is 13.0.